The highest BCUT2D eigenvalue weighted by Gasteiger charge is 2.37. The smallest absolute Gasteiger partial charge is 0.317 e. The second-order valence-corrected chi connectivity index (χ2v) is 8.45. The zero-order chi connectivity index (χ0) is 18.8. The van der Waals surface area contributed by atoms with Gasteiger partial charge < -0.3 is 15.1 Å². The molecular weight excluding hydrogens is 358 g/mol. The maximum Gasteiger partial charge on any atom is 0.317 e. The van der Waals surface area contributed by atoms with Crippen molar-refractivity contribution in [2.75, 3.05) is 18.0 Å². The molecule has 3 amide bonds. The zero-order valence-corrected chi connectivity index (χ0v) is 16.4. The van der Waals surface area contributed by atoms with Gasteiger partial charge in [-0.1, -0.05) is 24.3 Å². The molecule has 0 spiro atoms. The fourth-order valence-corrected chi connectivity index (χ4v) is 4.79. The summed E-state index contributed by atoms with van der Waals surface area (Å²) >= 11 is 1.63. The summed E-state index contributed by atoms with van der Waals surface area (Å²) in [6, 6.07) is 12.3. The number of para-hydroxylation sites is 1. The van der Waals surface area contributed by atoms with Gasteiger partial charge >= 0.3 is 6.03 Å². The number of amides is 3. The molecule has 2 aliphatic heterocycles. The van der Waals surface area contributed by atoms with E-state index in [0.29, 0.717) is 19.6 Å². The van der Waals surface area contributed by atoms with Gasteiger partial charge in [0, 0.05) is 29.7 Å². The number of rotatable bonds is 3. The Morgan fingerprint density at radius 2 is 2.07 bits per heavy atom. The number of carbonyl (C=O) groups is 2. The number of carbonyl (C=O) groups excluding carboxylic acids is 2. The molecule has 1 N–H and O–H groups in total. The third-order valence-electron chi connectivity index (χ3n) is 5.50. The standard InChI is InChI=1S/C21H25N3O2S/c1-15-12-16-6-2-3-9-19(16)24(15)20(25)17-7-4-10-23(14-17)21(26)22-13-18-8-5-11-27-18/h2-3,5-6,8-9,11,15,17H,4,7,10,12-14H2,1H3,(H,22,26). The van der Waals surface area contributed by atoms with Crippen LogP contribution in [0.3, 0.4) is 0 Å². The molecule has 27 heavy (non-hydrogen) atoms. The Kier molecular flexibility index (Phi) is 5.16. The van der Waals surface area contributed by atoms with Gasteiger partial charge in [0.25, 0.3) is 0 Å². The molecule has 0 radical (unpaired) electrons. The second kappa shape index (κ2) is 7.72. The van der Waals surface area contributed by atoms with Crippen molar-refractivity contribution in [1.29, 1.82) is 0 Å². The first-order valence-corrected chi connectivity index (χ1v) is 10.5. The summed E-state index contributed by atoms with van der Waals surface area (Å²) < 4.78 is 0. The van der Waals surface area contributed by atoms with E-state index in [4.69, 9.17) is 0 Å². The number of fused-ring (bicyclic) bond motifs is 1. The molecule has 2 unspecified atom stereocenters. The van der Waals surface area contributed by atoms with Gasteiger partial charge in [0.1, 0.15) is 0 Å². The Balaban J connectivity index is 1.40. The summed E-state index contributed by atoms with van der Waals surface area (Å²) in [7, 11) is 0. The number of nitrogens with zero attached hydrogens (tertiary/aromatic N) is 2. The lowest BCUT2D eigenvalue weighted by molar-refractivity contribution is -0.123. The first-order valence-electron chi connectivity index (χ1n) is 9.59. The predicted molar refractivity (Wildman–Crippen MR) is 108 cm³/mol. The normalized spacial score (nSPS) is 21.8. The van der Waals surface area contributed by atoms with Crippen LogP contribution in [0.2, 0.25) is 0 Å². The van der Waals surface area contributed by atoms with Crippen LogP contribution in [-0.2, 0) is 17.8 Å². The third kappa shape index (κ3) is 3.72. The molecule has 4 rings (SSSR count). The van der Waals surface area contributed by atoms with E-state index in [0.717, 1.165) is 29.8 Å². The summed E-state index contributed by atoms with van der Waals surface area (Å²) in [4.78, 5) is 30.7. The lowest BCUT2D eigenvalue weighted by Crippen LogP contribution is -2.50. The van der Waals surface area contributed by atoms with E-state index in [2.05, 4.69) is 18.3 Å². The largest absolute Gasteiger partial charge is 0.333 e. The number of piperidine rings is 1. The molecule has 6 heteroatoms. The highest BCUT2D eigenvalue weighted by atomic mass is 32.1. The van der Waals surface area contributed by atoms with Crippen molar-refractivity contribution >= 4 is 29.0 Å². The number of nitrogens with one attached hydrogen (secondary N) is 1. The maximum atomic E-state index is 13.3. The van der Waals surface area contributed by atoms with Crippen LogP contribution in [0.5, 0.6) is 0 Å². The molecule has 0 saturated carbocycles. The Labute approximate surface area is 164 Å². The molecule has 3 heterocycles. The van der Waals surface area contributed by atoms with Crippen LogP contribution >= 0.6 is 11.3 Å². The lowest BCUT2D eigenvalue weighted by Gasteiger charge is -2.35. The second-order valence-electron chi connectivity index (χ2n) is 7.41. The van der Waals surface area contributed by atoms with Crippen molar-refractivity contribution in [3.05, 3.63) is 52.2 Å². The van der Waals surface area contributed by atoms with E-state index < -0.39 is 0 Å². The Bertz CT molecular complexity index is 821. The van der Waals surface area contributed by atoms with Crippen LogP contribution in [0.15, 0.2) is 41.8 Å². The van der Waals surface area contributed by atoms with E-state index in [1.807, 2.05) is 40.6 Å². The fraction of sp³-hybridized carbons (Fsp3) is 0.429. The van der Waals surface area contributed by atoms with Gasteiger partial charge in [0.15, 0.2) is 0 Å². The van der Waals surface area contributed by atoms with Gasteiger partial charge in [0.2, 0.25) is 5.91 Å². The summed E-state index contributed by atoms with van der Waals surface area (Å²) in [5, 5.41) is 4.99. The van der Waals surface area contributed by atoms with Gasteiger partial charge in [-0.3, -0.25) is 4.79 Å². The van der Waals surface area contributed by atoms with Gasteiger partial charge in [-0.25, -0.2) is 4.79 Å². The van der Waals surface area contributed by atoms with Crippen molar-refractivity contribution in [2.45, 2.75) is 38.8 Å². The summed E-state index contributed by atoms with van der Waals surface area (Å²) in [6.45, 7) is 3.86. The quantitative estimate of drug-likeness (QED) is 0.880. The lowest BCUT2D eigenvalue weighted by atomic mass is 9.96. The molecule has 2 atom stereocenters. The topological polar surface area (TPSA) is 52.7 Å². The molecule has 1 fully saturated rings. The number of thiophene rings is 1. The minimum absolute atomic E-state index is 0.0734. The number of urea groups is 1. The van der Waals surface area contributed by atoms with E-state index >= 15 is 0 Å². The van der Waals surface area contributed by atoms with Crippen LogP contribution < -0.4 is 10.2 Å². The zero-order valence-electron chi connectivity index (χ0n) is 15.6. The van der Waals surface area contributed by atoms with Gasteiger partial charge in [-0.15, -0.1) is 11.3 Å². The van der Waals surface area contributed by atoms with Crippen molar-refractivity contribution in [1.82, 2.24) is 10.2 Å². The first-order chi connectivity index (χ1) is 13.1. The highest BCUT2D eigenvalue weighted by molar-refractivity contribution is 7.09. The molecular formula is C21H25N3O2S. The van der Waals surface area contributed by atoms with Gasteiger partial charge in [-0.05, 0) is 49.3 Å². The van der Waals surface area contributed by atoms with Gasteiger partial charge in [0.05, 0.1) is 12.5 Å². The van der Waals surface area contributed by atoms with Crippen LogP contribution in [0.4, 0.5) is 10.5 Å². The molecule has 1 aromatic heterocycles. The van der Waals surface area contributed by atoms with Crippen LogP contribution in [0.25, 0.3) is 0 Å². The Morgan fingerprint density at radius 1 is 1.22 bits per heavy atom. The highest BCUT2D eigenvalue weighted by Crippen LogP contribution is 2.34. The first kappa shape index (κ1) is 18.0. The van der Waals surface area contributed by atoms with E-state index in [9.17, 15) is 9.59 Å². The van der Waals surface area contributed by atoms with Gasteiger partial charge in [-0.2, -0.15) is 0 Å². The monoisotopic (exact) mass is 383 g/mol. The van der Waals surface area contributed by atoms with Crippen LogP contribution in [-0.4, -0.2) is 36.0 Å². The summed E-state index contributed by atoms with van der Waals surface area (Å²) in [5.41, 5.74) is 2.27. The molecule has 1 saturated heterocycles. The Morgan fingerprint density at radius 3 is 2.89 bits per heavy atom. The molecule has 2 aliphatic rings. The van der Waals surface area contributed by atoms with Crippen LogP contribution in [0.1, 0.15) is 30.2 Å². The third-order valence-corrected chi connectivity index (χ3v) is 6.37. The minimum Gasteiger partial charge on any atom is -0.333 e. The average Bonchev–Trinajstić information content (AvgIpc) is 3.32. The molecule has 5 nitrogen and oxygen atoms in total. The van der Waals surface area contributed by atoms with Crippen molar-refractivity contribution < 1.29 is 9.59 Å². The van der Waals surface area contributed by atoms with E-state index in [-0.39, 0.29) is 23.9 Å². The summed E-state index contributed by atoms with van der Waals surface area (Å²) in [5.74, 6) is 0.0306. The Hall–Kier alpha value is -2.34. The number of anilines is 1. The number of hydrogen-bond donors (Lipinski definition) is 1. The van der Waals surface area contributed by atoms with Crippen molar-refractivity contribution in [3.8, 4) is 0 Å². The SMILES string of the molecule is CC1Cc2ccccc2N1C(=O)C1CCCN(C(=O)NCc2cccs2)C1. The predicted octanol–water partition coefficient (Wildman–Crippen LogP) is 3.65. The number of hydrogen-bond acceptors (Lipinski definition) is 3. The maximum absolute atomic E-state index is 13.3. The fourth-order valence-electron chi connectivity index (χ4n) is 4.15. The van der Waals surface area contributed by atoms with Crippen molar-refractivity contribution in [3.63, 3.8) is 0 Å². The average molecular weight is 384 g/mol. The molecule has 0 aliphatic carbocycles. The molecule has 0 bridgehead atoms. The number of likely N-dealkylation sites (tertiary alicyclic amines) is 1. The van der Waals surface area contributed by atoms with E-state index in [1.165, 1.54) is 5.56 Å². The minimum atomic E-state index is -0.125. The van der Waals surface area contributed by atoms with Crippen molar-refractivity contribution in [2.24, 2.45) is 5.92 Å². The van der Waals surface area contributed by atoms with Crippen LogP contribution in [0, 0.1) is 5.92 Å². The summed E-state index contributed by atoms with van der Waals surface area (Å²) in [6.07, 6.45) is 2.62. The van der Waals surface area contributed by atoms with E-state index in [1.54, 1.807) is 16.2 Å². The number of benzene rings is 1. The molecule has 2 aromatic rings. The molecule has 142 valence electrons. The molecule has 1 aromatic carbocycles.